The van der Waals surface area contributed by atoms with Gasteiger partial charge in [0, 0.05) is 17.8 Å². The molecular weight excluding hydrogens is 458 g/mol. The fraction of sp³-hybridized carbons (Fsp3) is 0.571. The maximum atomic E-state index is 13.5. The molecule has 1 aromatic carbocycles. The van der Waals surface area contributed by atoms with Gasteiger partial charge < -0.3 is 15.0 Å². The standard InChI is InChI=1S/C21H26ClN3O6S/c1-32(29,30)24-14-8-6-13(7-9-14)20(27)23-17(12-4-2-3-5-12)21(28)25-10-15(22)19-18(25)16(26)11-31-19/h6-9,12,15,17-19,24H,2-5,10-11H2,1H3,(H,23,27)/t15-,17-,18+,19+/m0/s1. The predicted molar refractivity (Wildman–Crippen MR) is 118 cm³/mol. The Hall–Kier alpha value is -2.17. The van der Waals surface area contributed by atoms with Crippen LogP contribution in [0.1, 0.15) is 36.0 Å². The number of carbonyl (C=O) groups is 3. The summed E-state index contributed by atoms with van der Waals surface area (Å²) in [6.07, 6.45) is 4.10. The Morgan fingerprint density at radius 2 is 1.84 bits per heavy atom. The number of nitrogens with zero attached hydrogens (tertiary/aromatic N) is 1. The number of amides is 2. The van der Waals surface area contributed by atoms with Gasteiger partial charge in [-0.25, -0.2) is 8.42 Å². The predicted octanol–water partition coefficient (Wildman–Crippen LogP) is 1.13. The van der Waals surface area contributed by atoms with E-state index in [-0.39, 0.29) is 30.8 Å². The lowest BCUT2D eigenvalue weighted by molar-refractivity contribution is -0.139. The fourth-order valence-corrected chi connectivity index (χ4v) is 5.73. The van der Waals surface area contributed by atoms with Crippen molar-refractivity contribution in [1.29, 1.82) is 0 Å². The molecule has 1 saturated carbocycles. The summed E-state index contributed by atoms with van der Waals surface area (Å²) in [6.45, 7) is 0.142. The Bertz CT molecular complexity index is 1010. The first-order valence-electron chi connectivity index (χ1n) is 10.6. The molecule has 9 nitrogen and oxygen atoms in total. The van der Waals surface area contributed by atoms with Crippen LogP contribution in [0.15, 0.2) is 24.3 Å². The van der Waals surface area contributed by atoms with Crippen LogP contribution in [0.2, 0.25) is 0 Å². The molecule has 0 bridgehead atoms. The summed E-state index contributed by atoms with van der Waals surface area (Å²) in [5, 5.41) is 2.40. The molecule has 2 heterocycles. The molecule has 1 aromatic rings. The molecule has 2 aliphatic heterocycles. The van der Waals surface area contributed by atoms with Crippen LogP contribution in [-0.4, -0.2) is 73.9 Å². The number of nitrogens with one attached hydrogen (secondary N) is 2. The first-order valence-corrected chi connectivity index (χ1v) is 12.9. The number of benzene rings is 1. The zero-order valence-electron chi connectivity index (χ0n) is 17.6. The number of fused-ring (bicyclic) bond motifs is 1. The summed E-state index contributed by atoms with van der Waals surface area (Å²) in [5.74, 6) is -0.939. The van der Waals surface area contributed by atoms with Gasteiger partial charge in [-0.05, 0) is 43.0 Å². The van der Waals surface area contributed by atoms with E-state index in [4.69, 9.17) is 16.3 Å². The molecule has 174 valence electrons. The zero-order valence-corrected chi connectivity index (χ0v) is 19.2. The van der Waals surface area contributed by atoms with Crippen LogP contribution in [0, 0.1) is 5.92 Å². The van der Waals surface area contributed by atoms with Crippen molar-refractivity contribution in [2.45, 2.75) is 49.2 Å². The van der Waals surface area contributed by atoms with Gasteiger partial charge in [-0.15, -0.1) is 11.6 Å². The number of carbonyl (C=O) groups excluding carboxylic acids is 3. The number of alkyl halides is 1. The molecule has 11 heteroatoms. The van der Waals surface area contributed by atoms with E-state index < -0.39 is 39.5 Å². The molecule has 3 aliphatic rings. The molecule has 32 heavy (non-hydrogen) atoms. The van der Waals surface area contributed by atoms with Crippen molar-refractivity contribution >= 4 is 44.9 Å². The first kappa shape index (κ1) is 23.0. The van der Waals surface area contributed by atoms with Crippen LogP contribution < -0.4 is 10.0 Å². The second-order valence-corrected chi connectivity index (χ2v) is 10.9. The summed E-state index contributed by atoms with van der Waals surface area (Å²) in [7, 11) is -3.43. The summed E-state index contributed by atoms with van der Waals surface area (Å²) in [4.78, 5) is 40.3. The number of sulfonamides is 1. The molecule has 4 rings (SSSR count). The maximum Gasteiger partial charge on any atom is 0.251 e. The van der Waals surface area contributed by atoms with Crippen LogP contribution >= 0.6 is 11.6 Å². The average molecular weight is 484 g/mol. The van der Waals surface area contributed by atoms with E-state index in [0.29, 0.717) is 11.3 Å². The normalized spacial score (nSPS) is 26.8. The molecule has 0 aromatic heterocycles. The second-order valence-electron chi connectivity index (χ2n) is 8.64. The second kappa shape index (κ2) is 8.99. The number of hydrogen-bond acceptors (Lipinski definition) is 6. The Morgan fingerprint density at radius 1 is 1.19 bits per heavy atom. The Labute approximate surface area is 191 Å². The number of anilines is 1. The molecule has 4 atom stereocenters. The Balaban J connectivity index is 1.51. The van der Waals surface area contributed by atoms with Crippen molar-refractivity contribution in [1.82, 2.24) is 10.2 Å². The highest BCUT2D eigenvalue weighted by Crippen LogP contribution is 2.34. The van der Waals surface area contributed by atoms with Crippen molar-refractivity contribution in [3.05, 3.63) is 29.8 Å². The van der Waals surface area contributed by atoms with Crippen LogP contribution in [0.25, 0.3) is 0 Å². The van der Waals surface area contributed by atoms with Gasteiger partial charge in [0.05, 0.1) is 11.6 Å². The molecule has 0 unspecified atom stereocenters. The van der Waals surface area contributed by atoms with Gasteiger partial charge in [-0.3, -0.25) is 19.1 Å². The van der Waals surface area contributed by atoms with Crippen molar-refractivity contribution in [2.24, 2.45) is 5.92 Å². The molecule has 3 fully saturated rings. The lowest BCUT2D eigenvalue weighted by Gasteiger charge is -2.30. The number of hydrogen-bond donors (Lipinski definition) is 2. The zero-order chi connectivity index (χ0) is 23.0. The number of ether oxygens (including phenoxy) is 1. The van der Waals surface area contributed by atoms with Gasteiger partial charge in [0.1, 0.15) is 24.8 Å². The third-order valence-corrected chi connectivity index (χ3v) is 7.27. The first-order chi connectivity index (χ1) is 15.1. The average Bonchev–Trinajstić information content (AvgIpc) is 3.45. The minimum absolute atomic E-state index is 0.0251. The maximum absolute atomic E-state index is 13.5. The van der Waals surface area contributed by atoms with E-state index in [0.717, 1.165) is 31.9 Å². The van der Waals surface area contributed by atoms with E-state index in [1.165, 1.54) is 29.2 Å². The van der Waals surface area contributed by atoms with E-state index in [9.17, 15) is 22.8 Å². The topological polar surface area (TPSA) is 122 Å². The summed E-state index contributed by atoms with van der Waals surface area (Å²) in [6, 6.07) is 4.49. The summed E-state index contributed by atoms with van der Waals surface area (Å²) in [5.41, 5.74) is 0.637. The van der Waals surface area contributed by atoms with Crippen LogP contribution in [-0.2, 0) is 24.3 Å². The molecule has 0 radical (unpaired) electrons. The minimum Gasteiger partial charge on any atom is -0.366 e. The quantitative estimate of drug-likeness (QED) is 0.585. The minimum atomic E-state index is -3.43. The molecule has 2 saturated heterocycles. The Kier molecular flexibility index (Phi) is 6.46. The highest BCUT2D eigenvalue weighted by atomic mass is 35.5. The monoisotopic (exact) mass is 483 g/mol. The van der Waals surface area contributed by atoms with Crippen molar-refractivity contribution in [2.75, 3.05) is 24.1 Å². The fourth-order valence-electron chi connectivity index (χ4n) is 4.80. The number of likely N-dealkylation sites (tertiary alicyclic amines) is 1. The number of halogens is 1. The smallest absolute Gasteiger partial charge is 0.251 e. The van der Waals surface area contributed by atoms with Gasteiger partial charge in [0.15, 0.2) is 5.78 Å². The molecule has 1 aliphatic carbocycles. The summed E-state index contributed by atoms with van der Waals surface area (Å²) >= 11 is 6.34. The van der Waals surface area contributed by atoms with E-state index in [2.05, 4.69) is 10.0 Å². The largest absolute Gasteiger partial charge is 0.366 e. The number of Topliss-reactive ketones (excluding diaryl/α,β-unsaturated/α-hetero) is 1. The van der Waals surface area contributed by atoms with Gasteiger partial charge in [0.2, 0.25) is 15.9 Å². The lowest BCUT2D eigenvalue weighted by Crippen LogP contribution is -2.54. The number of ketones is 1. The lowest BCUT2D eigenvalue weighted by atomic mass is 9.95. The van der Waals surface area contributed by atoms with E-state index >= 15 is 0 Å². The van der Waals surface area contributed by atoms with Gasteiger partial charge in [0.25, 0.3) is 5.91 Å². The van der Waals surface area contributed by atoms with Crippen molar-refractivity contribution in [3.8, 4) is 0 Å². The van der Waals surface area contributed by atoms with Gasteiger partial charge >= 0.3 is 0 Å². The van der Waals surface area contributed by atoms with Crippen LogP contribution in [0.3, 0.4) is 0 Å². The molecule has 0 spiro atoms. The third-order valence-electron chi connectivity index (χ3n) is 6.28. The van der Waals surface area contributed by atoms with Crippen LogP contribution in [0.4, 0.5) is 5.69 Å². The highest BCUT2D eigenvalue weighted by molar-refractivity contribution is 7.92. The molecule has 2 amide bonds. The van der Waals surface area contributed by atoms with Crippen molar-refractivity contribution in [3.63, 3.8) is 0 Å². The van der Waals surface area contributed by atoms with Gasteiger partial charge in [-0.2, -0.15) is 0 Å². The van der Waals surface area contributed by atoms with E-state index in [1.54, 1.807) is 0 Å². The summed E-state index contributed by atoms with van der Waals surface area (Å²) < 4.78 is 30.5. The molecular formula is C21H26ClN3O6S. The SMILES string of the molecule is CS(=O)(=O)Nc1ccc(C(=O)N[C@H](C(=O)N2C[C@H](Cl)[C@H]3OCC(=O)[C@H]32)C2CCCC2)cc1. The van der Waals surface area contributed by atoms with Crippen LogP contribution in [0.5, 0.6) is 0 Å². The van der Waals surface area contributed by atoms with Crippen molar-refractivity contribution < 1.29 is 27.5 Å². The third kappa shape index (κ3) is 4.77. The number of rotatable bonds is 6. The Morgan fingerprint density at radius 3 is 2.47 bits per heavy atom. The van der Waals surface area contributed by atoms with E-state index in [1.807, 2.05) is 0 Å². The molecule has 2 N–H and O–H groups in total. The highest BCUT2D eigenvalue weighted by Gasteiger charge is 2.53. The van der Waals surface area contributed by atoms with Gasteiger partial charge in [-0.1, -0.05) is 12.8 Å².